The molecule has 1 aromatic carbocycles. The number of amides is 1. The SMILES string of the molecule is CCCCCCCCCCCCCCCCCCC(=O)OC(COC(=O)CCCCCCCCCCCCCCCCC)COC(=O)C(CCC(=O)OCc1ccccc1)NC(=O)OC(C)(C)C. The number of ether oxygens (including phenoxy) is 5. The maximum atomic E-state index is 13.5. The van der Waals surface area contributed by atoms with Crippen molar-refractivity contribution < 1.29 is 47.7 Å². The molecule has 0 saturated heterocycles. The van der Waals surface area contributed by atoms with Crippen molar-refractivity contribution in [2.24, 2.45) is 0 Å². The highest BCUT2D eigenvalue weighted by atomic mass is 16.6. The summed E-state index contributed by atoms with van der Waals surface area (Å²) in [6.07, 6.45) is 36.4. The Hall–Kier alpha value is -3.63. The molecule has 0 aliphatic rings. The van der Waals surface area contributed by atoms with Gasteiger partial charge in [0.05, 0.1) is 0 Å². The van der Waals surface area contributed by atoms with Crippen LogP contribution in [0.15, 0.2) is 30.3 Å². The second-order valence-electron chi connectivity index (χ2n) is 20.1. The van der Waals surface area contributed by atoms with E-state index in [2.05, 4.69) is 19.2 Å². The lowest BCUT2D eigenvalue weighted by molar-refractivity contribution is -0.167. The van der Waals surface area contributed by atoms with Crippen LogP contribution in [0.5, 0.6) is 0 Å². The van der Waals surface area contributed by atoms with Gasteiger partial charge in [0.2, 0.25) is 0 Å². The maximum absolute atomic E-state index is 13.5. The third-order valence-corrected chi connectivity index (χ3v) is 12.2. The van der Waals surface area contributed by atoms with E-state index in [9.17, 15) is 24.0 Å². The van der Waals surface area contributed by atoms with Crippen LogP contribution >= 0.6 is 0 Å². The second-order valence-corrected chi connectivity index (χ2v) is 20.1. The van der Waals surface area contributed by atoms with Crippen LogP contribution in [0.2, 0.25) is 0 Å². The molecule has 0 bridgehead atoms. The average molecular weight is 958 g/mol. The fourth-order valence-electron chi connectivity index (χ4n) is 8.12. The number of hydrogen-bond acceptors (Lipinski definition) is 10. The van der Waals surface area contributed by atoms with Crippen molar-refractivity contribution >= 4 is 30.0 Å². The summed E-state index contributed by atoms with van der Waals surface area (Å²) >= 11 is 0. The zero-order valence-corrected chi connectivity index (χ0v) is 44.0. The van der Waals surface area contributed by atoms with Crippen molar-refractivity contribution in [3.05, 3.63) is 35.9 Å². The van der Waals surface area contributed by atoms with Crippen LogP contribution in [0.3, 0.4) is 0 Å². The molecule has 0 spiro atoms. The fourth-order valence-corrected chi connectivity index (χ4v) is 8.12. The lowest BCUT2D eigenvalue weighted by Crippen LogP contribution is -2.45. The molecule has 0 radical (unpaired) electrons. The van der Waals surface area contributed by atoms with E-state index in [1.165, 1.54) is 148 Å². The molecule has 0 saturated carbocycles. The van der Waals surface area contributed by atoms with Crippen LogP contribution in [-0.2, 0) is 49.5 Å². The summed E-state index contributed by atoms with van der Waals surface area (Å²) in [7, 11) is 0. The molecule has 0 aliphatic heterocycles. The number of hydrogen-bond donors (Lipinski definition) is 1. The second kappa shape index (κ2) is 43.4. The topological polar surface area (TPSA) is 144 Å². The molecule has 0 fully saturated rings. The van der Waals surface area contributed by atoms with Gasteiger partial charge >= 0.3 is 30.0 Å². The number of esters is 4. The normalized spacial score (nSPS) is 12.2. The summed E-state index contributed by atoms with van der Waals surface area (Å²) in [5.74, 6) is -2.27. The van der Waals surface area contributed by atoms with E-state index in [4.69, 9.17) is 23.7 Å². The summed E-state index contributed by atoms with van der Waals surface area (Å²) in [5, 5.41) is 2.52. The zero-order valence-electron chi connectivity index (χ0n) is 44.0. The van der Waals surface area contributed by atoms with Crippen molar-refractivity contribution in [3.8, 4) is 0 Å². The standard InChI is InChI=1S/C57H99NO10/c1-6-8-10-12-14-16-18-20-22-24-26-28-30-32-34-39-43-54(61)67-50(47-65-52(59)42-38-33-31-29-27-25-23-21-19-17-15-13-11-9-7-2)48-66-55(62)51(58-56(63)68-57(3,4)5)44-45-53(60)64-46-49-40-36-35-37-41-49/h35-37,40-41,50-51H,6-34,38-39,42-48H2,1-5H3,(H,58,63). The molecule has 1 N–H and O–H groups in total. The number of rotatable bonds is 45. The van der Waals surface area contributed by atoms with Crippen LogP contribution in [0, 0.1) is 0 Å². The summed E-state index contributed by atoms with van der Waals surface area (Å²) in [6, 6.07) is 7.95. The van der Waals surface area contributed by atoms with E-state index >= 15 is 0 Å². The lowest BCUT2D eigenvalue weighted by atomic mass is 10.0. The van der Waals surface area contributed by atoms with Crippen LogP contribution in [0.1, 0.15) is 265 Å². The van der Waals surface area contributed by atoms with Crippen molar-refractivity contribution in [2.45, 2.75) is 284 Å². The average Bonchev–Trinajstić information content (AvgIpc) is 3.31. The summed E-state index contributed by atoms with van der Waals surface area (Å²) in [5.41, 5.74) is -0.0237. The molecule has 2 unspecified atom stereocenters. The molecule has 1 amide bonds. The van der Waals surface area contributed by atoms with Crippen molar-refractivity contribution in [2.75, 3.05) is 13.2 Å². The van der Waals surface area contributed by atoms with E-state index in [-0.39, 0.29) is 38.9 Å². The number of carbonyl (C=O) groups excluding carboxylic acids is 5. The molecule has 392 valence electrons. The van der Waals surface area contributed by atoms with Gasteiger partial charge < -0.3 is 29.0 Å². The van der Waals surface area contributed by atoms with Gasteiger partial charge in [-0.15, -0.1) is 0 Å². The van der Waals surface area contributed by atoms with Crippen LogP contribution in [0.25, 0.3) is 0 Å². The Kier molecular flexibility index (Phi) is 39.8. The summed E-state index contributed by atoms with van der Waals surface area (Å²) < 4.78 is 27.6. The van der Waals surface area contributed by atoms with Crippen LogP contribution in [0.4, 0.5) is 4.79 Å². The summed E-state index contributed by atoms with van der Waals surface area (Å²) in [4.78, 5) is 64.7. The number of alkyl carbamates (subject to hydrolysis) is 1. The first kappa shape index (κ1) is 62.4. The first-order valence-electron chi connectivity index (χ1n) is 27.6. The Balaban J connectivity index is 2.61. The lowest BCUT2D eigenvalue weighted by Gasteiger charge is -2.24. The number of nitrogens with one attached hydrogen (secondary N) is 1. The highest BCUT2D eigenvalue weighted by Gasteiger charge is 2.28. The molecule has 11 nitrogen and oxygen atoms in total. The molecule has 11 heteroatoms. The largest absolute Gasteiger partial charge is 0.462 e. The Morgan fingerprint density at radius 3 is 1.28 bits per heavy atom. The van der Waals surface area contributed by atoms with Crippen LogP contribution < -0.4 is 5.32 Å². The van der Waals surface area contributed by atoms with E-state index in [0.717, 1.165) is 44.1 Å². The van der Waals surface area contributed by atoms with Crippen molar-refractivity contribution in [3.63, 3.8) is 0 Å². The molecular weight excluding hydrogens is 859 g/mol. The third-order valence-electron chi connectivity index (χ3n) is 12.2. The first-order valence-corrected chi connectivity index (χ1v) is 27.6. The quantitative estimate of drug-likeness (QED) is 0.0381. The molecule has 0 aliphatic carbocycles. The zero-order chi connectivity index (χ0) is 49.8. The molecule has 0 aromatic heterocycles. The Bertz CT molecular complexity index is 1400. The maximum Gasteiger partial charge on any atom is 0.408 e. The molecule has 1 aromatic rings. The van der Waals surface area contributed by atoms with Crippen molar-refractivity contribution in [1.29, 1.82) is 0 Å². The molecular formula is C57H99NO10. The van der Waals surface area contributed by atoms with Gasteiger partial charge in [0, 0.05) is 19.3 Å². The molecule has 68 heavy (non-hydrogen) atoms. The van der Waals surface area contributed by atoms with Crippen LogP contribution in [-0.4, -0.2) is 60.9 Å². The molecule has 0 heterocycles. The molecule has 1 rings (SSSR count). The van der Waals surface area contributed by atoms with Gasteiger partial charge in [-0.05, 0) is 45.6 Å². The smallest absolute Gasteiger partial charge is 0.408 e. The van der Waals surface area contributed by atoms with Gasteiger partial charge in [0.25, 0.3) is 0 Å². The van der Waals surface area contributed by atoms with E-state index in [0.29, 0.717) is 12.8 Å². The predicted octanol–water partition coefficient (Wildman–Crippen LogP) is 15.3. The number of carbonyl (C=O) groups is 5. The van der Waals surface area contributed by atoms with E-state index < -0.39 is 54.3 Å². The minimum atomic E-state index is -1.26. The number of benzene rings is 1. The Morgan fingerprint density at radius 1 is 0.471 bits per heavy atom. The van der Waals surface area contributed by atoms with Gasteiger partial charge in [-0.2, -0.15) is 0 Å². The summed E-state index contributed by atoms with van der Waals surface area (Å²) in [6.45, 7) is 9.00. The van der Waals surface area contributed by atoms with Gasteiger partial charge in [0.15, 0.2) is 6.10 Å². The fraction of sp³-hybridized carbons (Fsp3) is 0.807. The monoisotopic (exact) mass is 958 g/mol. The highest BCUT2D eigenvalue weighted by Crippen LogP contribution is 2.17. The first-order chi connectivity index (χ1) is 32.9. The third kappa shape index (κ3) is 40.3. The minimum Gasteiger partial charge on any atom is -0.462 e. The van der Waals surface area contributed by atoms with Gasteiger partial charge in [-0.3, -0.25) is 14.4 Å². The Morgan fingerprint density at radius 2 is 0.853 bits per heavy atom. The Labute approximate surface area is 414 Å². The van der Waals surface area contributed by atoms with Gasteiger partial charge in [-0.25, -0.2) is 9.59 Å². The minimum absolute atomic E-state index is 0.0684. The van der Waals surface area contributed by atoms with Gasteiger partial charge in [0.1, 0.15) is 31.5 Å². The van der Waals surface area contributed by atoms with E-state index in [1.807, 2.05) is 30.3 Å². The van der Waals surface area contributed by atoms with E-state index in [1.54, 1.807) is 20.8 Å². The van der Waals surface area contributed by atoms with Gasteiger partial charge in [-0.1, -0.05) is 230 Å². The van der Waals surface area contributed by atoms with Crippen molar-refractivity contribution in [1.82, 2.24) is 5.32 Å². The molecule has 2 atom stereocenters. The highest BCUT2D eigenvalue weighted by molar-refractivity contribution is 5.82. The number of unbranched alkanes of at least 4 members (excludes halogenated alkanes) is 29. The predicted molar refractivity (Wildman–Crippen MR) is 274 cm³/mol.